The van der Waals surface area contributed by atoms with Crippen LogP contribution in [0.3, 0.4) is 0 Å². The Morgan fingerprint density at radius 2 is 1.94 bits per heavy atom. The molecule has 1 aromatic carbocycles. The van der Waals surface area contributed by atoms with Crippen molar-refractivity contribution >= 4 is 15.9 Å². The third kappa shape index (κ3) is 2.77. The minimum Gasteiger partial charge on any atom is -0.385 e. The first-order chi connectivity index (χ1) is 8.42. The van der Waals surface area contributed by atoms with E-state index in [0.717, 1.165) is 17.3 Å². The van der Waals surface area contributed by atoms with E-state index in [2.05, 4.69) is 29.8 Å². The average molecular weight is 315 g/mol. The first-order valence-electron chi connectivity index (χ1n) is 6.60. The Hall–Kier alpha value is -0.410. The highest BCUT2D eigenvalue weighted by atomic mass is 79.9. The van der Waals surface area contributed by atoms with Crippen LogP contribution in [0.25, 0.3) is 0 Å². The first kappa shape index (κ1) is 14.0. The summed E-state index contributed by atoms with van der Waals surface area (Å²) >= 11 is 3.34. The molecule has 0 unspecified atom stereocenters. The fourth-order valence-electron chi connectivity index (χ4n) is 2.91. The molecular formula is C15H20BrFO. The molecule has 1 fully saturated rings. The van der Waals surface area contributed by atoms with E-state index >= 15 is 0 Å². The topological polar surface area (TPSA) is 20.2 Å². The summed E-state index contributed by atoms with van der Waals surface area (Å²) < 4.78 is 14.7. The van der Waals surface area contributed by atoms with Crippen LogP contribution >= 0.6 is 15.9 Å². The van der Waals surface area contributed by atoms with Crippen molar-refractivity contribution in [2.24, 2.45) is 11.8 Å². The summed E-state index contributed by atoms with van der Waals surface area (Å²) in [6.07, 6.45) is 3.26. The van der Waals surface area contributed by atoms with Gasteiger partial charge in [0.25, 0.3) is 0 Å². The normalized spacial score (nSPS) is 28.7. The zero-order valence-corrected chi connectivity index (χ0v) is 12.5. The second-order valence-corrected chi connectivity index (χ2v) is 6.65. The Balaban J connectivity index is 2.20. The Kier molecular flexibility index (Phi) is 4.12. The second-order valence-electron chi connectivity index (χ2n) is 5.74. The van der Waals surface area contributed by atoms with Crippen LogP contribution in [-0.4, -0.2) is 5.11 Å². The van der Waals surface area contributed by atoms with Gasteiger partial charge in [-0.25, -0.2) is 4.39 Å². The average Bonchev–Trinajstić information content (AvgIpc) is 2.32. The van der Waals surface area contributed by atoms with E-state index in [1.54, 1.807) is 12.1 Å². The molecule has 0 aromatic heterocycles. The molecule has 1 aliphatic rings. The van der Waals surface area contributed by atoms with Gasteiger partial charge in [-0.3, -0.25) is 0 Å². The Labute approximate surface area is 117 Å². The lowest BCUT2D eigenvalue weighted by atomic mass is 9.72. The number of benzene rings is 1. The van der Waals surface area contributed by atoms with E-state index in [9.17, 15) is 9.50 Å². The third-order valence-electron chi connectivity index (χ3n) is 4.23. The molecule has 1 aliphatic carbocycles. The standard InChI is InChI=1S/C15H20BrFO/c1-10(2)11-5-7-15(18,8-6-11)13-9-12(16)3-4-14(13)17/h3-4,9-11,18H,5-8H2,1-2H3. The Morgan fingerprint density at radius 1 is 1.33 bits per heavy atom. The largest absolute Gasteiger partial charge is 0.385 e. The van der Waals surface area contributed by atoms with Gasteiger partial charge in [0, 0.05) is 10.0 Å². The Bertz CT molecular complexity index is 423. The lowest BCUT2D eigenvalue weighted by Crippen LogP contribution is -2.33. The van der Waals surface area contributed by atoms with Crippen LogP contribution in [-0.2, 0) is 5.60 Å². The highest BCUT2D eigenvalue weighted by molar-refractivity contribution is 9.10. The molecule has 1 nitrogen and oxygen atoms in total. The number of rotatable bonds is 2. The maximum absolute atomic E-state index is 13.9. The Morgan fingerprint density at radius 3 is 2.50 bits per heavy atom. The summed E-state index contributed by atoms with van der Waals surface area (Å²) in [5.41, 5.74) is -0.543. The molecule has 18 heavy (non-hydrogen) atoms. The van der Waals surface area contributed by atoms with Crippen molar-refractivity contribution in [2.45, 2.75) is 45.1 Å². The molecule has 0 atom stereocenters. The molecule has 0 bridgehead atoms. The quantitative estimate of drug-likeness (QED) is 0.844. The molecule has 0 heterocycles. The molecule has 0 amide bonds. The van der Waals surface area contributed by atoms with Gasteiger partial charge in [-0.15, -0.1) is 0 Å². The lowest BCUT2D eigenvalue weighted by Gasteiger charge is -2.38. The predicted molar refractivity (Wildman–Crippen MR) is 74.8 cm³/mol. The summed E-state index contributed by atoms with van der Waals surface area (Å²) in [6.45, 7) is 4.43. The van der Waals surface area contributed by atoms with Gasteiger partial charge < -0.3 is 5.11 Å². The van der Waals surface area contributed by atoms with Crippen LogP contribution < -0.4 is 0 Å². The summed E-state index contributed by atoms with van der Waals surface area (Å²) in [5.74, 6) is 0.992. The van der Waals surface area contributed by atoms with Crippen molar-refractivity contribution in [2.75, 3.05) is 0 Å². The lowest BCUT2D eigenvalue weighted by molar-refractivity contribution is -0.0227. The van der Waals surface area contributed by atoms with Gasteiger partial charge in [0.1, 0.15) is 5.82 Å². The highest BCUT2D eigenvalue weighted by Gasteiger charge is 2.37. The van der Waals surface area contributed by atoms with Crippen molar-refractivity contribution in [3.63, 3.8) is 0 Å². The van der Waals surface area contributed by atoms with Gasteiger partial charge in [-0.05, 0) is 55.7 Å². The molecule has 2 rings (SSSR count). The predicted octanol–water partition coefficient (Wildman–Crippen LogP) is 4.62. The number of hydrogen-bond acceptors (Lipinski definition) is 1. The molecule has 1 N–H and O–H groups in total. The van der Waals surface area contributed by atoms with Crippen LogP contribution in [0.1, 0.15) is 45.1 Å². The highest BCUT2D eigenvalue weighted by Crippen LogP contribution is 2.43. The minimum atomic E-state index is -0.987. The fourth-order valence-corrected chi connectivity index (χ4v) is 3.27. The zero-order chi connectivity index (χ0) is 13.3. The van der Waals surface area contributed by atoms with E-state index in [0.29, 0.717) is 30.2 Å². The summed E-state index contributed by atoms with van der Waals surface area (Å²) in [4.78, 5) is 0. The summed E-state index contributed by atoms with van der Waals surface area (Å²) in [5, 5.41) is 10.7. The van der Waals surface area contributed by atoms with Crippen LogP contribution in [0.5, 0.6) is 0 Å². The molecule has 0 saturated heterocycles. The molecular weight excluding hydrogens is 295 g/mol. The molecule has 100 valence electrons. The molecule has 3 heteroatoms. The maximum atomic E-state index is 13.9. The first-order valence-corrected chi connectivity index (χ1v) is 7.39. The van der Waals surface area contributed by atoms with Crippen molar-refractivity contribution in [1.82, 2.24) is 0 Å². The van der Waals surface area contributed by atoms with E-state index in [1.807, 2.05) is 0 Å². The van der Waals surface area contributed by atoms with Gasteiger partial charge >= 0.3 is 0 Å². The van der Waals surface area contributed by atoms with E-state index in [-0.39, 0.29) is 5.82 Å². The maximum Gasteiger partial charge on any atom is 0.129 e. The molecule has 1 aromatic rings. The van der Waals surface area contributed by atoms with Crippen LogP contribution in [0.15, 0.2) is 22.7 Å². The van der Waals surface area contributed by atoms with Crippen molar-refractivity contribution < 1.29 is 9.50 Å². The number of halogens is 2. The summed E-state index contributed by atoms with van der Waals surface area (Å²) in [7, 11) is 0. The zero-order valence-electron chi connectivity index (χ0n) is 10.9. The van der Waals surface area contributed by atoms with Crippen molar-refractivity contribution in [1.29, 1.82) is 0 Å². The van der Waals surface area contributed by atoms with E-state index in [1.165, 1.54) is 6.07 Å². The van der Waals surface area contributed by atoms with E-state index < -0.39 is 5.60 Å². The molecule has 0 radical (unpaired) electrons. The molecule has 0 aliphatic heterocycles. The second kappa shape index (κ2) is 5.30. The smallest absolute Gasteiger partial charge is 0.129 e. The third-order valence-corrected chi connectivity index (χ3v) is 4.72. The molecule has 0 spiro atoms. The number of aliphatic hydroxyl groups is 1. The van der Waals surface area contributed by atoms with Gasteiger partial charge in [0.2, 0.25) is 0 Å². The van der Waals surface area contributed by atoms with Crippen LogP contribution in [0.4, 0.5) is 4.39 Å². The van der Waals surface area contributed by atoms with E-state index in [4.69, 9.17) is 0 Å². The number of hydrogen-bond donors (Lipinski definition) is 1. The fraction of sp³-hybridized carbons (Fsp3) is 0.600. The SMILES string of the molecule is CC(C)C1CCC(O)(c2cc(Br)ccc2F)CC1. The van der Waals surface area contributed by atoms with Crippen molar-refractivity contribution in [3.8, 4) is 0 Å². The van der Waals surface area contributed by atoms with Crippen molar-refractivity contribution in [3.05, 3.63) is 34.1 Å². The monoisotopic (exact) mass is 314 g/mol. The van der Waals surface area contributed by atoms with Gasteiger partial charge in [0.05, 0.1) is 5.60 Å². The molecule has 1 saturated carbocycles. The van der Waals surface area contributed by atoms with Crippen LogP contribution in [0, 0.1) is 17.7 Å². The van der Waals surface area contributed by atoms with Gasteiger partial charge in [-0.2, -0.15) is 0 Å². The van der Waals surface area contributed by atoms with Gasteiger partial charge in [0.15, 0.2) is 0 Å². The van der Waals surface area contributed by atoms with Gasteiger partial charge in [-0.1, -0.05) is 29.8 Å². The minimum absolute atomic E-state index is 0.302. The summed E-state index contributed by atoms with van der Waals surface area (Å²) in [6, 6.07) is 4.80. The van der Waals surface area contributed by atoms with Crippen LogP contribution in [0.2, 0.25) is 0 Å².